The number of halogens is 1. The molecule has 9 nitrogen and oxygen atoms in total. The molecule has 0 bridgehead atoms. The minimum Gasteiger partial charge on any atom is -0.493 e. The van der Waals surface area contributed by atoms with Gasteiger partial charge in [0.2, 0.25) is 5.69 Å². The first-order valence-electron chi connectivity index (χ1n) is 10.3. The van der Waals surface area contributed by atoms with Crippen molar-refractivity contribution in [3.8, 4) is 17.2 Å². The molecule has 3 rings (SSSR count). The number of ether oxygens (including phenoxy) is 2. The van der Waals surface area contributed by atoms with Crippen LogP contribution in [0, 0.1) is 5.82 Å². The van der Waals surface area contributed by atoms with E-state index in [0.29, 0.717) is 30.2 Å². The van der Waals surface area contributed by atoms with E-state index in [-0.39, 0.29) is 12.2 Å². The van der Waals surface area contributed by atoms with Crippen LogP contribution < -0.4 is 20.7 Å². The molecule has 0 radical (unpaired) electrons. The van der Waals surface area contributed by atoms with Gasteiger partial charge in [0.25, 0.3) is 11.5 Å². The fraction of sp³-hybridized carbons (Fsp3) is 0.304. The van der Waals surface area contributed by atoms with Crippen LogP contribution in [0.4, 0.5) is 4.39 Å². The second kappa shape index (κ2) is 10.1. The van der Waals surface area contributed by atoms with Crippen LogP contribution in [0.15, 0.2) is 52.1 Å². The molecule has 33 heavy (non-hydrogen) atoms. The maximum Gasteiger partial charge on any atom is 0.352 e. The Kier molecular flexibility index (Phi) is 7.27. The first-order valence-corrected chi connectivity index (χ1v) is 10.3. The molecule has 0 spiro atoms. The summed E-state index contributed by atoms with van der Waals surface area (Å²) in [5.41, 5.74) is -1.39. The van der Waals surface area contributed by atoms with Gasteiger partial charge in [-0.05, 0) is 43.7 Å². The molecule has 0 saturated heterocycles. The third kappa shape index (κ3) is 4.79. The van der Waals surface area contributed by atoms with Crippen LogP contribution >= 0.6 is 0 Å². The smallest absolute Gasteiger partial charge is 0.352 e. The van der Waals surface area contributed by atoms with E-state index in [9.17, 15) is 18.8 Å². The van der Waals surface area contributed by atoms with Crippen molar-refractivity contribution in [2.24, 2.45) is 0 Å². The fourth-order valence-electron chi connectivity index (χ4n) is 3.39. The van der Waals surface area contributed by atoms with E-state index < -0.39 is 28.7 Å². The van der Waals surface area contributed by atoms with Crippen molar-refractivity contribution < 1.29 is 18.7 Å². The third-order valence-corrected chi connectivity index (χ3v) is 5.15. The second-order valence-electron chi connectivity index (χ2n) is 7.08. The van der Waals surface area contributed by atoms with Crippen molar-refractivity contribution in [3.05, 3.63) is 80.4 Å². The molecule has 0 unspecified atom stereocenters. The molecule has 1 heterocycles. The van der Waals surface area contributed by atoms with Gasteiger partial charge in [-0.15, -0.1) is 0 Å². The van der Waals surface area contributed by atoms with Crippen LogP contribution in [-0.2, 0) is 6.54 Å². The van der Waals surface area contributed by atoms with Gasteiger partial charge >= 0.3 is 5.69 Å². The van der Waals surface area contributed by atoms with Crippen LogP contribution in [0.5, 0.6) is 11.5 Å². The molecule has 0 N–H and O–H groups in total. The van der Waals surface area contributed by atoms with Gasteiger partial charge in [-0.1, -0.05) is 12.1 Å². The van der Waals surface area contributed by atoms with Crippen molar-refractivity contribution in [1.82, 2.24) is 19.2 Å². The summed E-state index contributed by atoms with van der Waals surface area (Å²) >= 11 is 0. The number of carbonyl (C=O) groups is 1. The second-order valence-corrected chi connectivity index (χ2v) is 7.08. The summed E-state index contributed by atoms with van der Waals surface area (Å²) < 4.78 is 26.1. The number of methoxy groups -OCH3 is 2. The Labute approximate surface area is 189 Å². The number of rotatable bonds is 8. The van der Waals surface area contributed by atoms with E-state index in [2.05, 4.69) is 5.10 Å². The first kappa shape index (κ1) is 23.7. The number of benzene rings is 2. The summed E-state index contributed by atoms with van der Waals surface area (Å²) in [5, 5.41) is 4.12. The highest BCUT2D eigenvalue weighted by atomic mass is 19.1. The van der Waals surface area contributed by atoms with Crippen molar-refractivity contribution in [2.45, 2.75) is 20.4 Å². The maximum absolute atomic E-state index is 13.7. The Morgan fingerprint density at radius 2 is 1.73 bits per heavy atom. The van der Waals surface area contributed by atoms with E-state index in [1.807, 2.05) is 0 Å². The molecule has 0 atom stereocenters. The number of carbonyl (C=O) groups excluding carboxylic acids is 1. The lowest BCUT2D eigenvalue weighted by atomic mass is 10.2. The van der Waals surface area contributed by atoms with E-state index in [0.717, 1.165) is 9.25 Å². The molecule has 0 saturated carbocycles. The Bertz CT molecular complexity index is 1280. The molecular weight excluding hydrogens is 431 g/mol. The normalized spacial score (nSPS) is 10.7. The van der Waals surface area contributed by atoms with E-state index in [1.54, 1.807) is 32.0 Å². The molecule has 0 aliphatic heterocycles. The quantitative estimate of drug-likeness (QED) is 0.515. The average molecular weight is 456 g/mol. The van der Waals surface area contributed by atoms with Crippen LogP contribution in [0.2, 0.25) is 0 Å². The molecule has 1 aromatic heterocycles. The summed E-state index contributed by atoms with van der Waals surface area (Å²) in [5.74, 6) is -0.341. The molecule has 3 aromatic rings. The van der Waals surface area contributed by atoms with Gasteiger partial charge in [0, 0.05) is 19.2 Å². The van der Waals surface area contributed by atoms with Crippen LogP contribution in [0.3, 0.4) is 0 Å². The average Bonchev–Trinajstić information content (AvgIpc) is 2.82. The molecule has 1 amide bonds. The minimum atomic E-state index is -0.849. The minimum absolute atomic E-state index is 0.232. The zero-order valence-electron chi connectivity index (χ0n) is 18.9. The van der Waals surface area contributed by atoms with Gasteiger partial charge in [0.1, 0.15) is 5.82 Å². The Balaban J connectivity index is 2.27. The Hall–Kier alpha value is -3.95. The lowest BCUT2D eigenvalue weighted by Gasteiger charge is -2.19. The SMILES string of the molecule is CCN(CC)C(=O)c1nn(-c2ccc(OC)c(OC)c2)c(=O)n(Cc2cccc(F)c2)c1=O. The van der Waals surface area contributed by atoms with E-state index >= 15 is 0 Å². The Morgan fingerprint density at radius 3 is 2.33 bits per heavy atom. The van der Waals surface area contributed by atoms with Crippen molar-refractivity contribution in [2.75, 3.05) is 27.3 Å². The largest absolute Gasteiger partial charge is 0.493 e. The number of aromatic nitrogens is 3. The lowest BCUT2D eigenvalue weighted by molar-refractivity contribution is 0.0761. The highest BCUT2D eigenvalue weighted by molar-refractivity contribution is 5.91. The molecular formula is C23H25FN4O5. The lowest BCUT2D eigenvalue weighted by Crippen LogP contribution is -2.46. The van der Waals surface area contributed by atoms with Gasteiger partial charge in [-0.25, -0.2) is 9.18 Å². The molecule has 0 aliphatic rings. The number of nitrogens with zero attached hydrogens (tertiary/aromatic N) is 4. The van der Waals surface area contributed by atoms with Gasteiger partial charge < -0.3 is 14.4 Å². The summed E-state index contributed by atoms with van der Waals surface area (Å²) in [4.78, 5) is 40.9. The van der Waals surface area contributed by atoms with Crippen molar-refractivity contribution in [1.29, 1.82) is 0 Å². The summed E-state index contributed by atoms with van der Waals surface area (Å²) in [7, 11) is 2.92. The number of amides is 1. The van der Waals surface area contributed by atoms with Crippen molar-refractivity contribution in [3.63, 3.8) is 0 Å². The highest BCUT2D eigenvalue weighted by Gasteiger charge is 2.24. The van der Waals surface area contributed by atoms with Crippen LogP contribution in [0.1, 0.15) is 29.9 Å². The molecule has 0 aliphatic carbocycles. The number of hydrogen-bond acceptors (Lipinski definition) is 6. The molecule has 174 valence electrons. The Morgan fingerprint density at radius 1 is 1.03 bits per heavy atom. The fourth-order valence-corrected chi connectivity index (χ4v) is 3.39. The third-order valence-electron chi connectivity index (χ3n) is 5.15. The summed E-state index contributed by atoms with van der Waals surface area (Å²) in [6, 6.07) is 10.2. The van der Waals surface area contributed by atoms with Gasteiger partial charge in [0.05, 0.1) is 26.5 Å². The number of hydrogen-bond donors (Lipinski definition) is 0. The monoisotopic (exact) mass is 456 g/mol. The first-order chi connectivity index (χ1) is 15.8. The predicted octanol–water partition coefficient (Wildman–Crippen LogP) is 2.08. The molecule has 2 aromatic carbocycles. The molecule has 10 heteroatoms. The van der Waals surface area contributed by atoms with Gasteiger partial charge in [-0.2, -0.15) is 9.78 Å². The van der Waals surface area contributed by atoms with E-state index in [1.165, 1.54) is 43.4 Å². The van der Waals surface area contributed by atoms with E-state index in [4.69, 9.17) is 9.47 Å². The van der Waals surface area contributed by atoms with Gasteiger partial charge in [0.15, 0.2) is 11.5 Å². The van der Waals surface area contributed by atoms with Crippen LogP contribution in [-0.4, -0.2) is 52.5 Å². The molecule has 0 fully saturated rings. The zero-order chi connectivity index (χ0) is 24.1. The van der Waals surface area contributed by atoms with Crippen molar-refractivity contribution >= 4 is 5.91 Å². The summed E-state index contributed by atoms with van der Waals surface area (Å²) in [6.45, 7) is 4.03. The predicted molar refractivity (Wildman–Crippen MR) is 120 cm³/mol. The maximum atomic E-state index is 13.7. The standard InChI is InChI=1S/C23H25FN4O5/c1-5-26(6-2)21(29)20-22(30)27(14-15-8-7-9-16(24)12-15)23(31)28(25-20)17-10-11-18(32-3)19(13-17)33-4/h7-13H,5-6,14H2,1-4H3. The topological polar surface area (TPSA) is 95.7 Å². The highest BCUT2D eigenvalue weighted by Crippen LogP contribution is 2.28. The summed E-state index contributed by atoms with van der Waals surface area (Å²) in [6.07, 6.45) is 0. The van der Waals surface area contributed by atoms with Gasteiger partial charge in [-0.3, -0.25) is 14.2 Å². The van der Waals surface area contributed by atoms with Crippen LogP contribution in [0.25, 0.3) is 5.69 Å². The zero-order valence-corrected chi connectivity index (χ0v) is 18.9.